The van der Waals surface area contributed by atoms with Gasteiger partial charge < -0.3 is 4.74 Å². The highest BCUT2D eigenvalue weighted by Crippen LogP contribution is 2.33. The Hall–Kier alpha value is -2.22. The van der Waals surface area contributed by atoms with E-state index in [0.717, 1.165) is 12.1 Å². The van der Waals surface area contributed by atoms with Gasteiger partial charge in [-0.3, -0.25) is 4.90 Å². The maximum absolute atomic E-state index is 13.2. The number of rotatable bonds is 3. The average Bonchev–Trinajstić information content (AvgIpc) is 3.00. The normalized spacial score (nSPS) is 20.7. The van der Waals surface area contributed by atoms with Gasteiger partial charge in [0.2, 0.25) is 0 Å². The molecule has 27 heavy (non-hydrogen) atoms. The van der Waals surface area contributed by atoms with Gasteiger partial charge in [-0.05, 0) is 42.5 Å². The summed E-state index contributed by atoms with van der Waals surface area (Å²) in [5, 5.41) is 20.3. The summed E-state index contributed by atoms with van der Waals surface area (Å²) < 4.78 is 46.5. The fraction of sp³-hybridized carbons (Fsp3) is 0.500. The van der Waals surface area contributed by atoms with E-state index in [-0.39, 0.29) is 30.3 Å². The number of hydrogen-bond acceptors (Lipinski definition) is 6. The molecule has 1 aromatic carbocycles. The third kappa shape index (κ3) is 4.74. The van der Waals surface area contributed by atoms with E-state index >= 15 is 0 Å². The smallest absolute Gasteiger partial charge is 0.373 e. The molecule has 0 N–H and O–H groups in total. The van der Waals surface area contributed by atoms with Gasteiger partial charge in [-0.2, -0.15) is 23.1 Å². The van der Waals surface area contributed by atoms with Crippen molar-refractivity contribution < 1.29 is 17.9 Å². The minimum atomic E-state index is -4.63. The SMILES string of the molecule is C[C@@H]1CN(Cc2nnnn2-c2ccc(C#N)c(C(F)(F)F)c2)C[C@H](C)O1.Cl. The number of ether oxygens (including phenoxy) is 1. The molecule has 0 radical (unpaired) electrons. The molecule has 1 aromatic heterocycles. The lowest BCUT2D eigenvalue weighted by Crippen LogP contribution is -2.45. The summed E-state index contributed by atoms with van der Waals surface area (Å²) in [6.07, 6.45) is -4.53. The van der Waals surface area contributed by atoms with Gasteiger partial charge in [0.05, 0.1) is 41.6 Å². The van der Waals surface area contributed by atoms with Gasteiger partial charge in [0.1, 0.15) is 0 Å². The molecule has 11 heteroatoms. The molecular weight excluding hydrogens is 385 g/mol. The number of halogens is 4. The Balaban J connectivity index is 0.00000261. The molecular formula is C16H18ClF3N6O. The molecule has 1 saturated heterocycles. The molecule has 0 unspecified atom stereocenters. The second-order valence-electron chi connectivity index (χ2n) is 6.30. The highest BCUT2D eigenvalue weighted by molar-refractivity contribution is 5.85. The van der Waals surface area contributed by atoms with E-state index < -0.39 is 17.3 Å². The molecule has 2 aromatic rings. The highest BCUT2D eigenvalue weighted by atomic mass is 35.5. The van der Waals surface area contributed by atoms with Crippen molar-refractivity contribution in [3.63, 3.8) is 0 Å². The first-order valence-corrected chi connectivity index (χ1v) is 8.04. The summed E-state index contributed by atoms with van der Waals surface area (Å²) in [5.74, 6) is 0.420. The van der Waals surface area contributed by atoms with Gasteiger partial charge in [-0.1, -0.05) is 0 Å². The molecule has 0 spiro atoms. The molecule has 0 saturated carbocycles. The quantitative estimate of drug-likeness (QED) is 0.785. The van der Waals surface area contributed by atoms with Crippen molar-refractivity contribution in [1.29, 1.82) is 5.26 Å². The van der Waals surface area contributed by atoms with Crippen LogP contribution in [0.15, 0.2) is 18.2 Å². The molecule has 1 aliphatic rings. The number of aromatic nitrogens is 4. The first kappa shape index (κ1) is 21.1. The maximum atomic E-state index is 13.2. The lowest BCUT2D eigenvalue weighted by molar-refractivity contribution is -0.137. The number of hydrogen-bond donors (Lipinski definition) is 0. The van der Waals surface area contributed by atoms with Crippen LogP contribution in [0, 0.1) is 11.3 Å². The van der Waals surface area contributed by atoms with Crippen LogP contribution in [0.3, 0.4) is 0 Å². The molecule has 7 nitrogen and oxygen atoms in total. The lowest BCUT2D eigenvalue weighted by atomic mass is 10.1. The molecule has 2 atom stereocenters. The summed E-state index contributed by atoms with van der Waals surface area (Å²) >= 11 is 0. The number of nitrogens with zero attached hydrogens (tertiary/aromatic N) is 6. The van der Waals surface area contributed by atoms with Gasteiger partial charge in [0, 0.05) is 13.1 Å². The van der Waals surface area contributed by atoms with E-state index in [1.165, 1.54) is 10.7 Å². The zero-order chi connectivity index (χ0) is 18.9. The zero-order valence-electron chi connectivity index (χ0n) is 14.6. The Morgan fingerprint density at radius 1 is 1.26 bits per heavy atom. The summed E-state index contributed by atoms with van der Waals surface area (Å²) in [7, 11) is 0. The highest BCUT2D eigenvalue weighted by Gasteiger charge is 2.34. The van der Waals surface area contributed by atoms with Crippen molar-refractivity contribution in [3.05, 3.63) is 35.2 Å². The van der Waals surface area contributed by atoms with Gasteiger partial charge in [0.25, 0.3) is 0 Å². The first-order chi connectivity index (χ1) is 12.3. The lowest BCUT2D eigenvalue weighted by Gasteiger charge is -2.34. The largest absolute Gasteiger partial charge is 0.417 e. The van der Waals surface area contributed by atoms with E-state index in [1.807, 2.05) is 13.8 Å². The molecule has 0 aliphatic carbocycles. The fourth-order valence-electron chi connectivity index (χ4n) is 3.11. The van der Waals surface area contributed by atoms with Crippen LogP contribution in [0.2, 0.25) is 0 Å². The summed E-state index contributed by atoms with van der Waals surface area (Å²) in [6.45, 7) is 5.66. The maximum Gasteiger partial charge on any atom is 0.417 e. The molecule has 1 aliphatic heterocycles. The van der Waals surface area contributed by atoms with Crippen LogP contribution in [0.4, 0.5) is 13.2 Å². The number of alkyl halides is 3. The second kappa shape index (κ2) is 8.21. The van der Waals surface area contributed by atoms with Crippen molar-refractivity contribution >= 4 is 12.4 Å². The summed E-state index contributed by atoms with van der Waals surface area (Å²) in [4.78, 5) is 2.09. The average molecular weight is 403 g/mol. The van der Waals surface area contributed by atoms with Crippen LogP contribution in [0.1, 0.15) is 30.8 Å². The monoisotopic (exact) mass is 402 g/mol. The third-order valence-corrected chi connectivity index (χ3v) is 4.07. The Morgan fingerprint density at radius 2 is 1.93 bits per heavy atom. The van der Waals surface area contributed by atoms with E-state index in [2.05, 4.69) is 20.4 Å². The van der Waals surface area contributed by atoms with E-state index in [0.29, 0.717) is 25.5 Å². The predicted molar refractivity (Wildman–Crippen MR) is 91.4 cm³/mol. The Labute approximate surface area is 160 Å². The van der Waals surface area contributed by atoms with Crippen LogP contribution in [-0.2, 0) is 17.5 Å². The van der Waals surface area contributed by atoms with Gasteiger partial charge in [-0.15, -0.1) is 17.5 Å². The van der Waals surface area contributed by atoms with E-state index in [4.69, 9.17) is 10.00 Å². The Bertz CT molecular complexity index is 824. The van der Waals surface area contributed by atoms with Crippen molar-refractivity contribution in [2.45, 2.75) is 38.8 Å². The number of tetrazole rings is 1. The second-order valence-corrected chi connectivity index (χ2v) is 6.30. The van der Waals surface area contributed by atoms with Crippen LogP contribution < -0.4 is 0 Å². The van der Waals surface area contributed by atoms with Gasteiger partial charge in [0.15, 0.2) is 5.82 Å². The van der Waals surface area contributed by atoms with Crippen LogP contribution in [0.25, 0.3) is 5.69 Å². The fourth-order valence-corrected chi connectivity index (χ4v) is 3.11. The van der Waals surface area contributed by atoms with Crippen LogP contribution in [0.5, 0.6) is 0 Å². The topological polar surface area (TPSA) is 79.9 Å². The molecule has 146 valence electrons. The van der Waals surface area contributed by atoms with Gasteiger partial charge in [-0.25, -0.2) is 0 Å². The Kier molecular flexibility index (Phi) is 6.41. The number of nitriles is 1. The van der Waals surface area contributed by atoms with Gasteiger partial charge >= 0.3 is 6.18 Å². The molecule has 0 bridgehead atoms. The van der Waals surface area contributed by atoms with Crippen molar-refractivity contribution in [1.82, 2.24) is 25.1 Å². The molecule has 3 rings (SSSR count). The van der Waals surface area contributed by atoms with Crippen molar-refractivity contribution in [2.75, 3.05) is 13.1 Å². The summed E-state index contributed by atoms with van der Waals surface area (Å²) in [6, 6.07) is 4.98. The number of morpholine rings is 1. The number of benzene rings is 1. The minimum Gasteiger partial charge on any atom is -0.373 e. The summed E-state index contributed by atoms with van der Waals surface area (Å²) in [5.41, 5.74) is -1.29. The van der Waals surface area contributed by atoms with Crippen LogP contribution >= 0.6 is 12.4 Å². The molecule has 0 amide bonds. The predicted octanol–water partition coefficient (Wildman–Crippen LogP) is 2.58. The molecule has 2 heterocycles. The van der Waals surface area contributed by atoms with Crippen LogP contribution in [-0.4, -0.2) is 50.4 Å². The molecule has 1 fully saturated rings. The standard InChI is InChI=1S/C16H17F3N6O.ClH/c1-10-7-24(8-11(2)26-10)9-15-21-22-23-25(15)13-4-3-12(6-20)14(5-13)16(17,18)19;/h3-5,10-11H,7-9H2,1-2H3;1H/t10-,11+;. The Morgan fingerprint density at radius 3 is 2.52 bits per heavy atom. The van der Waals surface area contributed by atoms with E-state index in [9.17, 15) is 13.2 Å². The van der Waals surface area contributed by atoms with E-state index in [1.54, 1.807) is 6.07 Å². The van der Waals surface area contributed by atoms with Crippen molar-refractivity contribution in [2.24, 2.45) is 0 Å². The third-order valence-electron chi connectivity index (χ3n) is 4.07. The minimum absolute atomic E-state index is 0. The van der Waals surface area contributed by atoms with Crippen molar-refractivity contribution in [3.8, 4) is 11.8 Å². The zero-order valence-corrected chi connectivity index (χ0v) is 15.5. The first-order valence-electron chi connectivity index (χ1n) is 8.04.